The van der Waals surface area contributed by atoms with Gasteiger partial charge in [-0.2, -0.15) is 0 Å². The zero-order valence-corrected chi connectivity index (χ0v) is 17.8. The minimum atomic E-state index is -0.339. The molecule has 1 saturated heterocycles. The van der Waals surface area contributed by atoms with E-state index >= 15 is 0 Å². The zero-order valence-electron chi connectivity index (χ0n) is 17.1. The van der Waals surface area contributed by atoms with Gasteiger partial charge in [0.15, 0.2) is 0 Å². The Labute approximate surface area is 185 Å². The first-order chi connectivity index (χ1) is 14.9. The number of morpholine rings is 1. The van der Waals surface area contributed by atoms with Crippen LogP contribution < -0.4 is 5.32 Å². The molecule has 2 aromatic carbocycles. The molecule has 160 valence electrons. The Balaban J connectivity index is 1.69. The van der Waals surface area contributed by atoms with Crippen LogP contribution in [-0.2, 0) is 25.7 Å². The van der Waals surface area contributed by atoms with Crippen molar-refractivity contribution in [2.45, 2.75) is 13.5 Å². The summed E-state index contributed by atoms with van der Waals surface area (Å²) in [4.78, 5) is 41.2. The molecule has 7 nitrogen and oxygen atoms in total. The number of anilines is 1. The molecule has 3 amide bonds. The van der Waals surface area contributed by atoms with Crippen molar-refractivity contribution in [2.75, 3.05) is 31.6 Å². The summed E-state index contributed by atoms with van der Waals surface area (Å²) >= 11 is 5.96. The summed E-state index contributed by atoms with van der Waals surface area (Å²) in [6.07, 6.45) is 0. The van der Waals surface area contributed by atoms with Gasteiger partial charge < -0.3 is 15.0 Å². The molecule has 0 aromatic heterocycles. The highest BCUT2D eigenvalue weighted by molar-refractivity contribution is 6.35. The van der Waals surface area contributed by atoms with Gasteiger partial charge in [-0.25, -0.2) is 0 Å². The molecule has 8 heteroatoms. The maximum atomic E-state index is 13.4. The van der Waals surface area contributed by atoms with E-state index < -0.39 is 0 Å². The molecule has 0 unspecified atom stereocenters. The summed E-state index contributed by atoms with van der Waals surface area (Å²) in [5.41, 5.74) is 2.84. The summed E-state index contributed by atoms with van der Waals surface area (Å²) < 4.78 is 5.42. The van der Waals surface area contributed by atoms with E-state index in [1.54, 1.807) is 48.5 Å². The third kappa shape index (κ3) is 4.47. The molecule has 2 aliphatic rings. The largest absolute Gasteiger partial charge is 0.378 e. The predicted octanol–water partition coefficient (Wildman–Crippen LogP) is 2.91. The second-order valence-corrected chi connectivity index (χ2v) is 7.84. The van der Waals surface area contributed by atoms with Crippen LogP contribution in [0, 0.1) is 0 Å². The number of nitrogens with one attached hydrogen (secondary N) is 1. The van der Waals surface area contributed by atoms with Gasteiger partial charge in [0, 0.05) is 30.7 Å². The predicted molar refractivity (Wildman–Crippen MR) is 117 cm³/mol. The van der Waals surface area contributed by atoms with Gasteiger partial charge in [0.2, 0.25) is 5.91 Å². The van der Waals surface area contributed by atoms with Gasteiger partial charge in [0.05, 0.1) is 25.3 Å². The molecule has 2 heterocycles. The maximum absolute atomic E-state index is 13.4. The molecule has 1 fully saturated rings. The van der Waals surface area contributed by atoms with Crippen LogP contribution in [-0.4, -0.2) is 53.8 Å². The number of hydrogen-bond acceptors (Lipinski definition) is 5. The molecular formula is C23H22ClN3O4. The number of benzene rings is 2. The summed E-state index contributed by atoms with van der Waals surface area (Å²) in [5.74, 6) is -0.835. The third-order valence-electron chi connectivity index (χ3n) is 5.22. The van der Waals surface area contributed by atoms with E-state index in [2.05, 4.69) is 5.32 Å². The number of carbonyl (C=O) groups is 3. The standard InChI is InChI=1S/C23H22ClN3O4/c1-15(28)25-19-8-4-17(5-9-19)20-21(26-10-12-31-13-11-26)23(30)27(22(20)29)14-16-2-6-18(24)7-3-16/h2-9H,10-14H2,1H3,(H,25,28). The summed E-state index contributed by atoms with van der Waals surface area (Å²) in [6.45, 7) is 3.66. The molecule has 0 saturated carbocycles. The van der Waals surface area contributed by atoms with E-state index in [4.69, 9.17) is 16.3 Å². The Morgan fingerprint density at radius 3 is 2.26 bits per heavy atom. The fourth-order valence-electron chi connectivity index (χ4n) is 3.74. The van der Waals surface area contributed by atoms with Gasteiger partial charge in [-0.15, -0.1) is 0 Å². The molecule has 0 aliphatic carbocycles. The summed E-state index contributed by atoms with van der Waals surface area (Å²) in [6, 6.07) is 14.0. The van der Waals surface area contributed by atoms with Crippen LogP contribution in [0.4, 0.5) is 5.69 Å². The van der Waals surface area contributed by atoms with Gasteiger partial charge in [0.1, 0.15) is 5.70 Å². The van der Waals surface area contributed by atoms with Crippen molar-refractivity contribution >= 4 is 40.6 Å². The lowest BCUT2D eigenvalue weighted by Crippen LogP contribution is -2.40. The highest BCUT2D eigenvalue weighted by atomic mass is 35.5. The van der Waals surface area contributed by atoms with Gasteiger partial charge in [-0.1, -0.05) is 35.9 Å². The fraction of sp³-hybridized carbons (Fsp3) is 0.261. The number of rotatable bonds is 5. The molecular weight excluding hydrogens is 418 g/mol. The Hall–Kier alpha value is -3.16. The van der Waals surface area contributed by atoms with Crippen LogP contribution in [0.15, 0.2) is 54.2 Å². The van der Waals surface area contributed by atoms with Crippen molar-refractivity contribution in [3.63, 3.8) is 0 Å². The number of halogens is 1. The molecule has 0 bridgehead atoms. The molecule has 4 rings (SSSR count). The topological polar surface area (TPSA) is 79.0 Å². The molecule has 0 atom stereocenters. The van der Waals surface area contributed by atoms with E-state index in [0.29, 0.717) is 53.8 Å². The highest BCUT2D eigenvalue weighted by Crippen LogP contribution is 2.33. The number of imide groups is 1. The van der Waals surface area contributed by atoms with Gasteiger partial charge in [-0.3, -0.25) is 19.3 Å². The van der Waals surface area contributed by atoms with E-state index in [-0.39, 0.29) is 24.3 Å². The Kier molecular flexibility index (Phi) is 6.06. The molecule has 0 spiro atoms. The smallest absolute Gasteiger partial charge is 0.278 e. The van der Waals surface area contributed by atoms with E-state index in [1.165, 1.54) is 11.8 Å². The molecule has 2 aliphatic heterocycles. The summed E-state index contributed by atoms with van der Waals surface area (Å²) in [5, 5.41) is 3.30. The first-order valence-electron chi connectivity index (χ1n) is 9.99. The lowest BCUT2D eigenvalue weighted by Gasteiger charge is -2.29. The van der Waals surface area contributed by atoms with Crippen LogP contribution in [0.5, 0.6) is 0 Å². The lowest BCUT2D eigenvalue weighted by atomic mass is 10.0. The molecule has 2 aromatic rings. The van der Waals surface area contributed by atoms with Gasteiger partial charge in [0.25, 0.3) is 11.8 Å². The van der Waals surface area contributed by atoms with Crippen LogP contribution in [0.25, 0.3) is 5.57 Å². The molecule has 31 heavy (non-hydrogen) atoms. The number of hydrogen-bond donors (Lipinski definition) is 1. The molecule has 0 radical (unpaired) electrons. The van der Waals surface area contributed by atoms with Crippen molar-refractivity contribution in [1.29, 1.82) is 0 Å². The SMILES string of the molecule is CC(=O)Nc1ccc(C2=C(N3CCOCC3)C(=O)N(Cc3ccc(Cl)cc3)C2=O)cc1. The quantitative estimate of drug-likeness (QED) is 0.725. The molecule has 1 N–H and O–H groups in total. The number of amides is 3. The van der Waals surface area contributed by atoms with Crippen molar-refractivity contribution in [2.24, 2.45) is 0 Å². The Bertz CT molecular complexity index is 1040. The first-order valence-corrected chi connectivity index (χ1v) is 10.4. The number of ether oxygens (including phenoxy) is 1. The van der Waals surface area contributed by atoms with Crippen LogP contribution >= 0.6 is 11.6 Å². The van der Waals surface area contributed by atoms with Crippen molar-refractivity contribution < 1.29 is 19.1 Å². The zero-order chi connectivity index (χ0) is 22.0. The third-order valence-corrected chi connectivity index (χ3v) is 5.47. The van der Waals surface area contributed by atoms with E-state index in [0.717, 1.165) is 5.56 Å². The van der Waals surface area contributed by atoms with E-state index in [9.17, 15) is 14.4 Å². The van der Waals surface area contributed by atoms with Crippen molar-refractivity contribution in [1.82, 2.24) is 9.80 Å². The van der Waals surface area contributed by atoms with Gasteiger partial charge in [-0.05, 0) is 35.4 Å². The first kappa shape index (κ1) is 21.1. The second-order valence-electron chi connectivity index (χ2n) is 7.40. The Morgan fingerprint density at radius 1 is 1.00 bits per heavy atom. The van der Waals surface area contributed by atoms with Crippen LogP contribution in [0.1, 0.15) is 18.1 Å². The van der Waals surface area contributed by atoms with E-state index in [1.807, 2.05) is 4.90 Å². The van der Waals surface area contributed by atoms with Crippen molar-refractivity contribution in [3.05, 3.63) is 70.4 Å². The monoisotopic (exact) mass is 439 g/mol. The van der Waals surface area contributed by atoms with Crippen LogP contribution in [0.2, 0.25) is 5.02 Å². The lowest BCUT2D eigenvalue weighted by molar-refractivity contribution is -0.138. The van der Waals surface area contributed by atoms with Gasteiger partial charge >= 0.3 is 0 Å². The van der Waals surface area contributed by atoms with Crippen LogP contribution in [0.3, 0.4) is 0 Å². The average Bonchev–Trinajstić information content (AvgIpc) is 3.01. The minimum absolute atomic E-state index is 0.163. The minimum Gasteiger partial charge on any atom is -0.378 e. The van der Waals surface area contributed by atoms with Crippen molar-refractivity contribution in [3.8, 4) is 0 Å². The second kappa shape index (κ2) is 8.91. The highest BCUT2D eigenvalue weighted by Gasteiger charge is 2.41. The fourth-order valence-corrected chi connectivity index (χ4v) is 3.87. The maximum Gasteiger partial charge on any atom is 0.278 e. The number of nitrogens with zero attached hydrogens (tertiary/aromatic N) is 2. The summed E-state index contributed by atoms with van der Waals surface area (Å²) in [7, 11) is 0. The Morgan fingerprint density at radius 2 is 1.65 bits per heavy atom. The normalized spacial score (nSPS) is 16.8. The average molecular weight is 440 g/mol. The number of carbonyl (C=O) groups excluding carboxylic acids is 3.